The Hall–Kier alpha value is -0.710. The van der Waals surface area contributed by atoms with E-state index < -0.39 is 0 Å². The number of imidazole rings is 1. The van der Waals surface area contributed by atoms with Crippen LogP contribution in [-0.4, -0.2) is 21.3 Å². The van der Waals surface area contributed by atoms with E-state index in [1.165, 1.54) is 12.8 Å². The first-order valence-corrected chi connectivity index (χ1v) is 7.06. The zero-order chi connectivity index (χ0) is 11.7. The van der Waals surface area contributed by atoms with Crippen LogP contribution >= 0.6 is 24.2 Å². The molecule has 0 unspecified atom stereocenters. The Bertz CT molecular complexity index is 473. The number of nitrogens with one attached hydrogen (secondary N) is 1. The number of rotatable bonds is 2. The zero-order valence-corrected chi connectivity index (χ0v) is 11.8. The molecule has 2 aromatic rings. The SMILES string of the molecule is Cl.NC1CCC(Sc2nc3ccccc3[nH]2)CC1. The first-order chi connectivity index (χ1) is 8.31. The Balaban J connectivity index is 0.00000120. The number of fused-ring (bicyclic) bond motifs is 1. The van der Waals surface area contributed by atoms with Crippen molar-refractivity contribution in [3.8, 4) is 0 Å². The smallest absolute Gasteiger partial charge is 0.166 e. The number of para-hydroxylation sites is 2. The van der Waals surface area contributed by atoms with Gasteiger partial charge in [-0.2, -0.15) is 0 Å². The van der Waals surface area contributed by atoms with Gasteiger partial charge < -0.3 is 10.7 Å². The van der Waals surface area contributed by atoms with Crippen LogP contribution in [0, 0.1) is 0 Å². The summed E-state index contributed by atoms with van der Waals surface area (Å²) in [7, 11) is 0. The summed E-state index contributed by atoms with van der Waals surface area (Å²) in [6.45, 7) is 0. The molecule has 0 amide bonds. The third-order valence-electron chi connectivity index (χ3n) is 3.36. The average Bonchev–Trinajstić information content (AvgIpc) is 2.74. The highest BCUT2D eigenvalue weighted by Crippen LogP contribution is 2.32. The zero-order valence-electron chi connectivity index (χ0n) is 10.1. The summed E-state index contributed by atoms with van der Waals surface area (Å²) in [5.41, 5.74) is 8.10. The highest BCUT2D eigenvalue weighted by Gasteiger charge is 2.20. The summed E-state index contributed by atoms with van der Waals surface area (Å²) < 4.78 is 0. The number of aromatic amines is 1. The molecule has 0 atom stereocenters. The van der Waals surface area contributed by atoms with Gasteiger partial charge in [0, 0.05) is 11.3 Å². The van der Waals surface area contributed by atoms with Gasteiger partial charge >= 0.3 is 0 Å². The maximum Gasteiger partial charge on any atom is 0.166 e. The van der Waals surface area contributed by atoms with Crippen LogP contribution in [0.3, 0.4) is 0 Å². The normalized spacial score (nSPS) is 23.8. The highest BCUT2D eigenvalue weighted by atomic mass is 35.5. The van der Waals surface area contributed by atoms with Crippen molar-refractivity contribution in [3.05, 3.63) is 24.3 Å². The summed E-state index contributed by atoms with van der Waals surface area (Å²) in [6.07, 6.45) is 4.72. The average molecular weight is 284 g/mol. The second-order valence-electron chi connectivity index (χ2n) is 4.71. The van der Waals surface area contributed by atoms with Gasteiger partial charge in [-0.15, -0.1) is 12.4 Å². The molecule has 3 rings (SSSR count). The van der Waals surface area contributed by atoms with E-state index in [9.17, 15) is 0 Å². The Kier molecular flexibility index (Phi) is 4.54. The van der Waals surface area contributed by atoms with Crippen LogP contribution in [0.15, 0.2) is 29.4 Å². The third kappa shape index (κ3) is 2.99. The molecular weight excluding hydrogens is 266 g/mol. The van der Waals surface area contributed by atoms with Gasteiger partial charge in [0.15, 0.2) is 5.16 Å². The van der Waals surface area contributed by atoms with E-state index >= 15 is 0 Å². The first kappa shape index (κ1) is 13.7. The van der Waals surface area contributed by atoms with Gasteiger partial charge in [-0.05, 0) is 37.8 Å². The minimum Gasteiger partial charge on any atom is -0.333 e. The molecule has 1 heterocycles. The molecule has 0 aliphatic heterocycles. The standard InChI is InChI=1S/C13H17N3S.ClH/c14-9-5-7-10(8-6-9)17-13-15-11-3-1-2-4-12(11)16-13;/h1-4,9-10H,5-8,14H2,(H,15,16);1H. The number of hydrogen-bond acceptors (Lipinski definition) is 3. The van der Waals surface area contributed by atoms with Crippen molar-refractivity contribution in [2.24, 2.45) is 5.73 Å². The molecule has 98 valence electrons. The van der Waals surface area contributed by atoms with Crippen molar-refractivity contribution in [1.29, 1.82) is 0 Å². The van der Waals surface area contributed by atoms with Crippen LogP contribution in [0.4, 0.5) is 0 Å². The van der Waals surface area contributed by atoms with E-state index in [1.807, 2.05) is 30.0 Å². The summed E-state index contributed by atoms with van der Waals surface area (Å²) in [6, 6.07) is 8.60. The largest absolute Gasteiger partial charge is 0.333 e. The van der Waals surface area contributed by atoms with Crippen LogP contribution in [0.5, 0.6) is 0 Å². The molecule has 0 saturated heterocycles. The second kappa shape index (κ2) is 5.95. The lowest BCUT2D eigenvalue weighted by atomic mass is 9.96. The van der Waals surface area contributed by atoms with Crippen molar-refractivity contribution in [3.63, 3.8) is 0 Å². The number of nitrogens with zero attached hydrogens (tertiary/aromatic N) is 1. The number of nitrogens with two attached hydrogens (primary N) is 1. The molecule has 3 nitrogen and oxygen atoms in total. The predicted molar refractivity (Wildman–Crippen MR) is 79.4 cm³/mol. The van der Waals surface area contributed by atoms with Crippen LogP contribution in [-0.2, 0) is 0 Å². The predicted octanol–water partition coefficient (Wildman–Crippen LogP) is 3.35. The lowest BCUT2D eigenvalue weighted by Crippen LogP contribution is -2.27. The van der Waals surface area contributed by atoms with Crippen molar-refractivity contribution >= 4 is 35.2 Å². The fourth-order valence-corrected chi connectivity index (χ4v) is 3.49. The number of H-pyrrole nitrogens is 1. The first-order valence-electron chi connectivity index (χ1n) is 6.18. The van der Waals surface area contributed by atoms with Crippen LogP contribution in [0.25, 0.3) is 11.0 Å². The molecule has 5 heteroatoms. The van der Waals surface area contributed by atoms with Gasteiger partial charge in [0.2, 0.25) is 0 Å². The highest BCUT2D eigenvalue weighted by molar-refractivity contribution is 7.99. The van der Waals surface area contributed by atoms with Gasteiger partial charge in [-0.25, -0.2) is 4.98 Å². The molecule has 1 aromatic heterocycles. The molecule has 1 saturated carbocycles. The Morgan fingerprint density at radius 3 is 2.61 bits per heavy atom. The number of aromatic nitrogens is 2. The summed E-state index contributed by atoms with van der Waals surface area (Å²) in [5.74, 6) is 0. The van der Waals surface area contributed by atoms with Gasteiger partial charge in [0.05, 0.1) is 11.0 Å². The Morgan fingerprint density at radius 2 is 1.89 bits per heavy atom. The quantitative estimate of drug-likeness (QED) is 0.889. The topological polar surface area (TPSA) is 54.7 Å². The molecule has 0 radical (unpaired) electrons. The van der Waals surface area contributed by atoms with Crippen molar-refractivity contribution in [1.82, 2.24) is 9.97 Å². The number of thioether (sulfide) groups is 1. The number of halogens is 1. The minimum atomic E-state index is 0. The fraction of sp³-hybridized carbons (Fsp3) is 0.462. The fourth-order valence-electron chi connectivity index (χ4n) is 2.35. The lowest BCUT2D eigenvalue weighted by molar-refractivity contribution is 0.450. The monoisotopic (exact) mass is 283 g/mol. The van der Waals surface area contributed by atoms with E-state index in [1.54, 1.807) is 0 Å². The van der Waals surface area contributed by atoms with Crippen LogP contribution < -0.4 is 5.73 Å². The molecule has 1 aliphatic carbocycles. The van der Waals surface area contributed by atoms with E-state index in [0.29, 0.717) is 11.3 Å². The second-order valence-corrected chi connectivity index (χ2v) is 6.00. The molecule has 0 spiro atoms. The minimum absolute atomic E-state index is 0. The van der Waals surface area contributed by atoms with Crippen LogP contribution in [0.2, 0.25) is 0 Å². The molecule has 0 bridgehead atoms. The molecular formula is C13H18ClN3S. The summed E-state index contributed by atoms with van der Waals surface area (Å²) in [4.78, 5) is 7.98. The summed E-state index contributed by atoms with van der Waals surface area (Å²) in [5, 5.41) is 1.72. The number of benzene rings is 1. The van der Waals surface area contributed by atoms with Crippen molar-refractivity contribution in [2.75, 3.05) is 0 Å². The number of hydrogen-bond donors (Lipinski definition) is 2. The molecule has 1 fully saturated rings. The molecule has 1 aromatic carbocycles. The summed E-state index contributed by atoms with van der Waals surface area (Å²) >= 11 is 1.87. The third-order valence-corrected chi connectivity index (χ3v) is 4.59. The lowest BCUT2D eigenvalue weighted by Gasteiger charge is -2.24. The van der Waals surface area contributed by atoms with Crippen LogP contribution in [0.1, 0.15) is 25.7 Å². The van der Waals surface area contributed by atoms with E-state index in [-0.39, 0.29) is 12.4 Å². The maximum absolute atomic E-state index is 5.92. The van der Waals surface area contributed by atoms with Gasteiger partial charge in [-0.3, -0.25) is 0 Å². The van der Waals surface area contributed by atoms with Crippen molar-refractivity contribution in [2.45, 2.75) is 42.1 Å². The van der Waals surface area contributed by atoms with E-state index in [4.69, 9.17) is 5.73 Å². The molecule has 3 N–H and O–H groups in total. The van der Waals surface area contributed by atoms with Gasteiger partial charge in [0.25, 0.3) is 0 Å². The molecule has 1 aliphatic rings. The van der Waals surface area contributed by atoms with Gasteiger partial charge in [-0.1, -0.05) is 23.9 Å². The van der Waals surface area contributed by atoms with E-state index in [2.05, 4.69) is 16.0 Å². The maximum atomic E-state index is 5.92. The Morgan fingerprint density at radius 1 is 1.17 bits per heavy atom. The Labute approximate surface area is 117 Å². The van der Waals surface area contributed by atoms with Gasteiger partial charge in [0.1, 0.15) is 0 Å². The van der Waals surface area contributed by atoms with Crippen molar-refractivity contribution < 1.29 is 0 Å². The van der Waals surface area contributed by atoms with E-state index in [0.717, 1.165) is 29.0 Å². The molecule has 18 heavy (non-hydrogen) atoms.